The van der Waals surface area contributed by atoms with Gasteiger partial charge in [0.15, 0.2) is 5.69 Å². The van der Waals surface area contributed by atoms with E-state index in [0.29, 0.717) is 32.1 Å². The molecular formula is C18H22F3N5O3. The molecule has 1 fully saturated rings. The fourth-order valence-corrected chi connectivity index (χ4v) is 3.12. The summed E-state index contributed by atoms with van der Waals surface area (Å²) in [5.74, 6) is -0.930. The lowest BCUT2D eigenvalue weighted by Crippen LogP contribution is -2.39. The topological polar surface area (TPSA) is 91.2 Å². The number of carbonyl (C=O) groups excluding carboxylic acids is 1. The highest BCUT2D eigenvalue weighted by Gasteiger charge is 2.35. The van der Waals surface area contributed by atoms with Gasteiger partial charge in [-0.3, -0.25) is 9.36 Å². The van der Waals surface area contributed by atoms with E-state index >= 15 is 0 Å². The lowest BCUT2D eigenvalue weighted by Gasteiger charge is -2.29. The van der Waals surface area contributed by atoms with E-state index in [4.69, 9.17) is 9.47 Å². The van der Waals surface area contributed by atoms with Gasteiger partial charge in [-0.15, -0.1) is 0 Å². The van der Waals surface area contributed by atoms with Crippen molar-refractivity contribution in [2.24, 2.45) is 0 Å². The zero-order valence-electron chi connectivity index (χ0n) is 15.9. The molecule has 1 amide bonds. The van der Waals surface area contributed by atoms with Gasteiger partial charge in [0.1, 0.15) is 12.0 Å². The molecule has 0 radical (unpaired) electrons. The molecule has 2 aromatic rings. The summed E-state index contributed by atoms with van der Waals surface area (Å²) >= 11 is 0. The maximum atomic E-state index is 13.2. The number of rotatable bonds is 7. The summed E-state index contributed by atoms with van der Waals surface area (Å²) in [6.07, 6.45) is 2.32. The van der Waals surface area contributed by atoms with Crippen LogP contribution in [0.2, 0.25) is 0 Å². The molecule has 0 saturated heterocycles. The van der Waals surface area contributed by atoms with Gasteiger partial charge in [-0.1, -0.05) is 0 Å². The fraction of sp³-hybridized carbons (Fsp3) is 0.556. The lowest BCUT2D eigenvalue weighted by atomic mass is 9.93. The molecule has 2 aromatic heterocycles. The Morgan fingerprint density at radius 1 is 1.24 bits per heavy atom. The molecule has 0 aliphatic heterocycles. The van der Waals surface area contributed by atoms with Crippen molar-refractivity contribution >= 4 is 5.91 Å². The molecule has 3 rings (SSSR count). The minimum Gasteiger partial charge on any atom is -0.382 e. The Morgan fingerprint density at radius 3 is 2.62 bits per heavy atom. The lowest BCUT2D eigenvalue weighted by molar-refractivity contribution is -0.141. The molecule has 0 spiro atoms. The van der Waals surface area contributed by atoms with Gasteiger partial charge in [-0.2, -0.15) is 13.2 Å². The van der Waals surface area contributed by atoms with Gasteiger partial charge in [0.05, 0.1) is 19.3 Å². The van der Waals surface area contributed by atoms with E-state index in [9.17, 15) is 18.0 Å². The summed E-state index contributed by atoms with van der Waals surface area (Å²) in [7, 11) is 1.60. The number of aromatic nitrogens is 4. The summed E-state index contributed by atoms with van der Waals surface area (Å²) in [6.45, 7) is 1.03. The van der Waals surface area contributed by atoms with Gasteiger partial charge in [-0.25, -0.2) is 15.0 Å². The van der Waals surface area contributed by atoms with Crippen LogP contribution in [-0.4, -0.2) is 57.9 Å². The Hall–Kier alpha value is -2.53. The smallest absolute Gasteiger partial charge is 0.382 e. The summed E-state index contributed by atoms with van der Waals surface area (Å²) in [5.41, 5.74) is -1.52. The van der Waals surface area contributed by atoms with Crippen LogP contribution in [0.3, 0.4) is 0 Å². The largest absolute Gasteiger partial charge is 0.433 e. The number of hydrogen-bond acceptors (Lipinski definition) is 6. The molecule has 1 saturated carbocycles. The van der Waals surface area contributed by atoms with Gasteiger partial charge >= 0.3 is 6.18 Å². The van der Waals surface area contributed by atoms with Crippen LogP contribution in [0.1, 0.15) is 41.9 Å². The third kappa shape index (κ3) is 5.73. The van der Waals surface area contributed by atoms with Crippen molar-refractivity contribution in [3.63, 3.8) is 0 Å². The molecule has 0 unspecified atom stereocenters. The van der Waals surface area contributed by atoms with Crippen LogP contribution in [0.25, 0.3) is 5.95 Å². The summed E-state index contributed by atoms with van der Waals surface area (Å²) < 4.78 is 51.5. The maximum Gasteiger partial charge on any atom is 0.433 e. The molecule has 8 nitrogen and oxygen atoms in total. The third-order valence-electron chi connectivity index (χ3n) is 4.62. The zero-order valence-corrected chi connectivity index (χ0v) is 15.9. The predicted octanol–water partition coefficient (Wildman–Crippen LogP) is 2.39. The molecule has 0 aromatic carbocycles. The molecule has 158 valence electrons. The van der Waals surface area contributed by atoms with Crippen molar-refractivity contribution in [2.45, 2.75) is 44.0 Å². The maximum absolute atomic E-state index is 13.2. The first-order valence-electron chi connectivity index (χ1n) is 9.23. The molecule has 29 heavy (non-hydrogen) atoms. The highest BCUT2D eigenvalue weighted by atomic mass is 19.4. The van der Waals surface area contributed by atoms with Crippen LogP contribution in [0.4, 0.5) is 13.2 Å². The first-order chi connectivity index (χ1) is 13.9. The van der Waals surface area contributed by atoms with Crippen LogP contribution in [0.5, 0.6) is 0 Å². The normalized spacial score (nSPS) is 19.9. The second kappa shape index (κ2) is 9.31. The van der Waals surface area contributed by atoms with Gasteiger partial charge in [0.25, 0.3) is 5.91 Å². The van der Waals surface area contributed by atoms with Crippen molar-refractivity contribution in [3.05, 3.63) is 36.2 Å². The molecule has 0 bridgehead atoms. The Balaban J connectivity index is 1.67. The highest BCUT2D eigenvalue weighted by molar-refractivity contribution is 5.92. The zero-order chi connectivity index (χ0) is 20.9. The molecular weight excluding hydrogens is 391 g/mol. The average molecular weight is 413 g/mol. The number of nitrogens with zero attached hydrogens (tertiary/aromatic N) is 4. The number of nitrogens with one attached hydrogen (secondary N) is 1. The summed E-state index contributed by atoms with van der Waals surface area (Å²) in [4.78, 5) is 23.8. The monoisotopic (exact) mass is 413 g/mol. The van der Waals surface area contributed by atoms with Gasteiger partial charge in [0, 0.05) is 31.6 Å². The van der Waals surface area contributed by atoms with Crippen molar-refractivity contribution in [1.82, 2.24) is 24.8 Å². The number of amides is 1. The van der Waals surface area contributed by atoms with Gasteiger partial charge < -0.3 is 14.8 Å². The van der Waals surface area contributed by atoms with E-state index in [-0.39, 0.29) is 23.8 Å². The second-order valence-corrected chi connectivity index (χ2v) is 6.72. The van der Waals surface area contributed by atoms with Crippen LogP contribution in [0, 0.1) is 0 Å². The molecule has 0 atom stereocenters. The van der Waals surface area contributed by atoms with E-state index in [1.54, 1.807) is 7.11 Å². The predicted molar refractivity (Wildman–Crippen MR) is 95.5 cm³/mol. The van der Waals surface area contributed by atoms with Crippen LogP contribution >= 0.6 is 0 Å². The first-order valence-corrected chi connectivity index (χ1v) is 9.23. The standard InChI is InChI=1S/C18H22F3N5O3/c1-28-8-9-29-13-4-2-12(3-5-13)23-16(27)14-10-15(18(19,20)21)25-17(24-14)26-7-6-22-11-26/h6-7,10-13H,2-5,8-9H2,1H3,(H,23,27). The van der Waals surface area contributed by atoms with Crippen molar-refractivity contribution in [1.29, 1.82) is 0 Å². The van der Waals surface area contributed by atoms with E-state index in [2.05, 4.69) is 20.3 Å². The van der Waals surface area contributed by atoms with E-state index in [0.717, 1.165) is 12.8 Å². The Bertz CT molecular complexity index is 806. The Morgan fingerprint density at radius 2 is 2.00 bits per heavy atom. The molecule has 1 aliphatic rings. The number of imidazole rings is 1. The van der Waals surface area contributed by atoms with Crippen molar-refractivity contribution in [3.8, 4) is 5.95 Å². The van der Waals surface area contributed by atoms with E-state index < -0.39 is 17.8 Å². The summed E-state index contributed by atoms with van der Waals surface area (Å²) in [6, 6.07) is 0.515. The van der Waals surface area contributed by atoms with Crippen LogP contribution in [-0.2, 0) is 15.7 Å². The summed E-state index contributed by atoms with van der Waals surface area (Å²) in [5, 5.41) is 2.77. The van der Waals surface area contributed by atoms with E-state index in [1.807, 2.05) is 0 Å². The highest BCUT2D eigenvalue weighted by Crippen LogP contribution is 2.28. The van der Waals surface area contributed by atoms with Crippen LogP contribution in [0.15, 0.2) is 24.8 Å². The number of hydrogen-bond donors (Lipinski definition) is 1. The van der Waals surface area contributed by atoms with Gasteiger partial charge in [0.2, 0.25) is 5.95 Å². The molecule has 1 N–H and O–H groups in total. The van der Waals surface area contributed by atoms with Crippen LogP contribution < -0.4 is 5.32 Å². The fourth-order valence-electron chi connectivity index (χ4n) is 3.12. The SMILES string of the molecule is COCCOC1CCC(NC(=O)c2cc(C(F)(F)F)nc(-n3ccnc3)n2)CC1. The number of carbonyl (C=O) groups is 1. The second-order valence-electron chi connectivity index (χ2n) is 6.72. The number of halogens is 3. The molecule has 1 aliphatic carbocycles. The Kier molecular flexibility index (Phi) is 6.80. The minimum absolute atomic E-state index is 0.0991. The minimum atomic E-state index is -4.70. The third-order valence-corrected chi connectivity index (χ3v) is 4.62. The number of methoxy groups -OCH3 is 1. The first kappa shape index (κ1) is 21.2. The molecule has 2 heterocycles. The van der Waals surface area contributed by atoms with Crippen molar-refractivity contribution in [2.75, 3.05) is 20.3 Å². The van der Waals surface area contributed by atoms with E-state index in [1.165, 1.54) is 23.3 Å². The Labute approximate surface area is 165 Å². The number of alkyl halides is 3. The number of ether oxygens (including phenoxy) is 2. The van der Waals surface area contributed by atoms with Gasteiger partial charge in [-0.05, 0) is 25.7 Å². The molecule has 11 heteroatoms. The average Bonchev–Trinajstić information content (AvgIpc) is 3.23. The van der Waals surface area contributed by atoms with Crippen molar-refractivity contribution < 1.29 is 27.4 Å². The quantitative estimate of drug-likeness (QED) is 0.701.